The fourth-order valence-corrected chi connectivity index (χ4v) is 2.72. The number of aryl methyl sites for hydroxylation is 2. The molecule has 0 saturated heterocycles. The summed E-state index contributed by atoms with van der Waals surface area (Å²) in [6.45, 7) is 12.0. The van der Waals surface area contributed by atoms with E-state index in [2.05, 4.69) is 30.5 Å². The third-order valence-electron chi connectivity index (χ3n) is 2.65. The van der Waals surface area contributed by atoms with Crippen LogP contribution >= 0.6 is 11.3 Å². The summed E-state index contributed by atoms with van der Waals surface area (Å²) in [6, 6.07) is 2.22. The van der Waals surface area contributed by atoms with E-state index in [0.717, 1.165) is 13.1 Å². The minimum absolute atomic E-state index is 0.385. The largest absolute Gasteiger partial charge is 0.444 e. The van der Waals surface area contributed by atoms with Crippen molar-refractivity contribution >= 4 is 17.4 Å². The van der Waals surface area contributed by atoms with Crippen LogP contribution in [0.5, 0.6) is 0 Å². The Morgan fingerprint density at radius 2 is 1.95 bits per heavy atom. The summed E-state index contributed by atoms with van der Waals surface area (Å²) in [5.74, 6) is 0. The van der Waals surface area contributed by atoms with E-state index in [1.165, 1.54) is 15.3 Å². The summed E-state index contributed by atoms with van der Waals surface area (Å²) in [6.07, 6.45) is 3.54. The molecule has 1 amide bonds. The number of rotatable bonds is 6. The first kappa shape index (κ1) is 17.7. The van der Waals surface area contributed by atoms with E-state index in [1.807, 2.05) is 44.3 Å². The third kappa shape index (κ3) is 7.87. The Kier molecular flexibility index (Phi) is 6.92. The zero-order chi connectivity index (χ0) is 15.9. The Balaban J connectivity index is 2.13. The Morgan fingerprint density at radius 1 is 1.29 bits per heavy atom. The number of ether oxygens (including phenoxy) is 1. The van der Waals surface area contributed by atoms with Gasteiger partial charge in [0.05, 0.1) is 0 Å². The van der Waals surface area contributed by atoms with E-state index in [-0.39, 0.29) is 6.09 Å². The smallest absolute Gasteiger partial charge is 0.407 e. The van der Waals surface area contributed by atoms with Crippen molar-refractivity contribution in [3.8, 4) is 0 Å². The van der Waals surface area contributed by atoms with Gasteiger partial charge in [-0.2, -0.15) is 0 Å². The van der Waals surface area contributed by atoms with E-state index >= 15 is 0 Å². The van der Waals surface area contributed by atoms with E-state index in [9.17, 15) is 4.79 Å². The molecule has 0 unspecified atom stereocenters. The average molecular weight is 310 g/mol. The number of nitrogens with one attached hydrogen (secondary N) is 2. The number of carbonyl (C=O) groups is 1. The highest BCUT2D eigenvalue weighted by atomic mass is 32.1. The maximum Gasteiger partial charge on any atom is 0.407 e. The fraction of sp³-hybridized carbons (Fsp3) is 0.562. The van der Waals surface area contributed by atoms with Crippen LogP contribution in [0.2, 0.25) is 0 Å². The Morgan fingerprint density at radius 3 is 2.52 bits per heavy atom. The van der Waals surface area contributed by atoms with Gasteiger partial charge in [0.1, 0.15) is 5.60 Å². The molecule has 1 heterocycles. The third-order valence-corrected chi connectivity index (χ3v) is 3.66. The van der Waals surface area contributed by atoms with E-state index in [1.54, 1.807) is 0 Å². The summed E-state index contributed by atoms with van der Waals surface area (Å²) >= 11 is 1.83. The molecular weight excluding hydrogens is 284 g/mol. The lowest BCUT2D eigenvalue weighted by Crippen LogP contribution is -2.32. The zero-order valence-corrected chi connectivity index (χ0v) is 14.4. The first-order chi connectivity index (χ1) is 9.78. The molecule has 1 rings (SSSR count). The molecule has 4 nitrogen and oxygen atoms in total. The van der Waals surface area contributed by atoms with Crippen LogP contribution < -0.4 is 10.6 Å². The van der Waals surface area contributed by atoms with Crippen molar-refractivity contribution < 1.29 is 9.53 Å². The van der Waals surface area contributed by atoms with Gasteiger partial charge in [0.25, 0.3) is 0 Å². The van der Waals surface area contributed by atoms with Gasteiger partial charge in [0.2, 0.25) is 0 Å². The van der Waals surface area contributed by atoms with Gasteiger partial charge in [-0.25, -0.2) is 4.79 Å². The highest BCUT2D eigenvalue weighted by molar-refractivity contribution is 7.12. The van der Waals surface area contributed by atoms with Crippen molar-refractivity contribution in [1.82, 2.24) is 10.6 Å². The van der Waals surface area contributed by atoms with Crippen molar-refractivity contribution in [1.29, 1.82) is 0 Å². The van der Waals surface area contributed by atoms with Crippen LogP contribution in [0.4, 0.5) is 4.79 Å². The molecule has 0 atom stereocenters. The second kappa shape index (κ2) is 8.20. The molecule has 0 radical (unpaired) electrons. The standard InChI is InChI=1S/C16H26N2O2S/c1-12-10-14(13(2)21-12)11-17-8-6-7-9-18-15(19)20-16(3,4)5/h6-7,10,17H,8-9,11H2,1-5H3,(H,18,19)/b7-6+. The number of thiophene rings is 1. The SMILES string of the molecule is Cc1cc(CNC/C=C/CNC(=O)OC(C)(C)C)c(C)s1. The Hall–Kier alpha value is -1.33. The Bertz CT molecular complexity index is 487. The average Bonchev–Trinajstić information content (AvgIpc) is 2.64. The van der Waals surface area contributed by atoms with Gasteiger partial charge in [0.15, 0.2) is 0 Å². The molecule has 0 fully saturated rings. The first-order valence-electron chi connectivity index (χ1n) is 7.16. The molecule has 5 heteroatoms. The minimum Gasteiger partial charge on any atom is -0.444 e. The van der Waals surface area contributed by atoms with Crippen molar-refractivity contribution in [2.45, 2.75) is 46.8 Å². The van der Waals surface area contributed by atoms with Gasteiger partial charge in [-0.15, -0.1) is 11.3 Å². The second-order valence-electron chi connectivity index (χ2n) is 5.92. The summed E-state index contributed by atoms with van der Waals surface area (Å²) in [5, 5.41) is 6.04. The Labute approximate surface area is 131 Å². The number of amides is 1. The molecule has 1 aromatic heterocycles. The van der Waals surface area contributed by atoms with Gasteiger partial charge < -0.3 is 15.4 Å². The lowest BCUT2D eigenvalue weighted by molar-refractivity contribution is 0.0534. The van der Waals surface area contributed by atoms with Gasteiger partial charge in [-0.05, 0) is 46.2 Å². The van der Waals surface area contributed by atoms with Crippen LogP contribution in [-0.4, -0.2) is 24.8 Å². The quantitative estimate of drug-likeness (QED) is 0.624. The topological polar surface area (TPSA) is 50.4 Å². The van der Waals surface area contributed by atoms with Gasteiger partial charge in [0, 0.05) is 29.4 Å². The van der Waals surface area contributed by atoms with Crippen molar-refractivity contribution in [2.24, 2.45) is 0 Å². The molecule has 0 spiro atoms. The molecule has 0 aliphatic carbocycles. The van der Waals surface area contributed by atoms with Crippen LogP contribution in [0, 0.1) is 13.8 Å². The lowest BCUT2D eigenvalue weighted by atomic mass is 10.2. The van der Waals surface area contributed by atoms with Crippen LogP contribution in [-0.2, 0) is 11.3 Å². The maximum absolute atomic E-state index is 11.4. The van der Waals surface area contributed by atoms with Crippen molar-refractivity contribution in [3.05, 3.63) is 33.5 Å². The van der Waals surface area contributed by atoms with Crippen molar-refractivity contribution in [3.63, 3.8) is 0 Å². The first-order valence-corrected chi connectivity index (χ1v) is 7.98. The molecule has 118 valence electrons. The minimum atomic E-state index is -0.453. The van der Waals surface area contributed by atoms with Gasteiger partial charge >= 0.3 is 6.09 Å². The van der Waals surface area contributed by atoms with Crippen molar-refractivity contribution in [2.75, 3.05) is 13.1 Å². The molecule has 0 saturated carbocycles. The summed E-state index contributed by atoms with van der Waals surface area (Å²) in [5.41, 5.74) is 0.907. The van der Waals surface area contributed by atoms with Crippen LogP contribution in [0.3, 0.4) is 0 Å². The fourth-order valence-electron chi connectivity index (χ4n) is 1.77. The van der Waals surface area contributed by atoms with Gasteiger partial charge in [-0.1, -0.05) is 12.2 Å². The van der Waals surface area contributed by atoms with Crippen LogP contribution in [0.25, 0.3) is 0 Å². The predicted octanol–water partition coefficient (Wildman–Crippen LogP) is 3.54. The molecular formula is C16H26N2O2S. The maximum atomic E-state index is 11.4. The molecule has 0 bridgehead atoms. The number of hydrogen-bond acceptors (Lipinski definition) is 4. The molecule has 21 heavy (non-hydrogen) atoms. The van der Waals surface area contributed by atoms with Crippen LogP contribution in [0.15, 0.2) is 18.2 Å². The summed E-state index contributed by atoms with van der Waals surface area (Å²) in [4.78, 5) is 14.1. The monoisotopic (exact) mass is 310 g/mol. The summed E-state index contributed by atoms with van der Waals surface area (Å²) < 4.78 is 5.14. The van der Waals surface area contributed by atoms with Crippen LogP contribution in [0.1, 0.15) is 36.1 Å². The molecule has 2 N–H and O–H groups in total. The number of carbonyl (C=O) groups excluding carboxylic acids is 1. The second-order valence-corrected chi connectivity index (χ2v) is 7.38. The highest BCUT2D eigenvalue weighted by Gasteiger charge is 2.14. The van der Waals surface area contributed by atoms with E-state index < -0.39 is 5.60 Å². The molecule has 0 aromatic carbocycles. The molecule has 1 aromatic rings. The normalized spacial score (nSPS) is 11.9. The lowest BCUT2D eigenvalue weighted by Gasteiger charge is -2.19. The number of hydrogen-bond donors (Lipinski definition) is 2. The number of alkyl carbamates (subject to hydrolysis) is 1. The molecule has 0 aliphatic rings. The summed E-state index contributed by atoms with van der Waals surface area (Å²) in [7, 11) is 0. The highest BCUT2D eigenvalue weighted by Crippen LogP contribution is 2.19. The predicted molar refractivity (Wildman–Crippen MR) is 88.9 cm³/mol. The zero-order valence-electron chi connectivity index (χ0n) is 13.6. The molecule has 0 aliphatic heterocycles. The van der Waals surface area contributed by atoms with E-state index in [4.69, 9.17) is 4.74 Å². The van der Waals surface area contributed by atoms with Gasteiger partial charge in [-0.3, -0.25) is 0 Å². The van der Waals surface area contributed by atoms with E-state index in [0.29, 0.717) is 6.54 Å².